The van der Waals surface area contributed by atoms with E-state index in [0.717, 1.165) is 48.8 Å². The molecule has 9 heteroatoms. The average molecular weight is 446 g/mol. The summed E-state index contributed by atoms with van der Waals surface area (Å²) in [7, 11) is 0. The van der Waals surface area contributed by atoms with Crippen molar-refractivity contribution >= 4 is 28.5 Å². The molecule has 0 unspecified atom stereocenters. The minimum atomic E-state index is -0.0674. The molecule has 1 saturated heterocycles. The van der Waals surface area contributed by atoms with Crippen LogP contribution in [0.15, 0.2) is 51.9 Å². The van der Waals surface area contributed by atoms with Gasteiger partial charge >= 0.3 is 0 Å². The maximum atomic E-state index is 13.1. The summed E-state index contributed by atoms with van der Waals surface area (Å²) >= 11 is 0. The van der Waals surface area contributed by atoms with Crippen LogP contribution in [-0.4, -0.2) is 45.7 Å². The summed E-state index contributed by atoms with van der Waals surface area (Å²) in [6, 6.07) is 9.63. The fourth-order valence-electron chi connectivity index (χ4n) is 4.15. The number of fused-ring (bicyclic) bond motifs is 1. The van der Waals surface area contributed by atoms with Gasteiger partial charge in [0.1, 0.15) is 23.0 Å². The van der Waals surface area contributed by atoms with E-state index in [-0.39, 0.29) is 5.56 Å². The molecule has 9 nitrogen and oxygen atoms in total. The zero-order valence-electron chi connectivity index (χ0n) is 18.8. The van der Waals surface area contributed by atoms with E-state index < -0.39 is 0 Å². The Kier molecular flexibility index (Phi) is 5.78. The van der Waals surface area contributed by atoms with Crippen LogP contribution in [0.2, 0.25) is 0 Å². The van der Waals surface area contributed by atoms with Crippen LogP contribution >= 0.6 is 0 Å². The van der Waals surface area contributed by atoms with Crippen LogP contribution in [0.25, 0.3) is 11.0 Å². The number of hydrogen-bond donors (Lipinski definition) is 2. The Morgan fingerprint density at radius 3 is 2.67 bits per heavy atom. The molecule has 0 saturated carbocycles. The molecular weight excluding hydrogens is 418 g/mol. The third kappa shape index (κ3) is 4.45. The van der Waals surface area contributed by atoms with Crippen molar-refractivity contribution in [3.05, 3.63) is 70.2 Å². The first-order valence-corrected chi connectivity index (χ1v) is 11.2. The van der Waals surface area contributed by atoms with Gasteiger partial charge in [0.15, 0.2) is 0 Å². The van der Waals surface area contributed by atoms with Crippen molar-refractivity contribution < 1.29 is 4.42 Å². The zero-order chi connectivity index (χ0) is 22.8. The van der Waals surface area contributed by atoms with E-state index in [1.54, 1.807) is 10.8 Å². The van der Waals surface area contributed by atoms with Crippen LogP contribution in [0.5, 0.6) is 0 Å². The van der Waals surface area contributed by atoms with Gasteiger partial charge < -0.3 is 20.0 Å². The number of piperazine rings is 1. The molecule has 0 aromatic carbocycles. The number of anilines is 3. The summed E-state index contributed by atoms with van der Waals surface area (Å²) in [6.45, 7) is 8.24. The number of hydrogen-bond acceptors (Lipinski definition) is 8. The molecule has 5 rings (SSSR count). The second kappa shape index (κ2) is 9.03. The van der Waals surface area contributed by atoms with Gasteiger partial charge in [-0.1, -0.05) is 0 Å². The number of rotatable bonds is 6. The zero-order valence-corrected chi connectivity index (χ0v) is 18.8. The number of furan rings is 1. The van der Waals surface area contributed by atoms with Crippen molar-refractivity contribution in [2.75, 3.05) is 36.4 Å². The predicted molar refractivity (Wildman–Crippen MR) is 128 cm³/mol. The molecule has 0 bridgehead atoms. The molecule has 1 aliphatic rings. The average Bonchev–Trinajstić information content (AvgIpc) is 3.25. The number of aromatic nitrogens is 4. The molecule has 4 aromatic heterocycles. The van der Waals surface area contributed by atoms with Crippen LogP contribution < -0.4 is 21.1 Å². The van der Waals surface area contributed by atoms with Gasteiger partial charge in [-0.2, -0.15) is 4.98 Å². The first-order valence-electron chi connectivity index (χ1n) is 11.2. The second-order valence-electron chi connectivity index (χ2n) is 8.14. The van der Waals surface area contributed by atoms with E-state index >= 15 is 0 Å². The Morgan fingerprint density at radius 2 is 1.97 bits per heavy atom. The molecule has 170 valence electrons. The molecule has 33 heavy (non-hydrogen) atoms. The highest BCUT2D eigenvalue weighted by molar-refractivity contribution is 5.76. The highest BCUT2D eigenvalue weighted by Crippen LogP contribution is 2.20. The predicted octanol–water partition coefficient (Wildman–Crippen LogP) is 2.85. The van der Waals surface area contributed by atoms with Crippen LogP contribution in [0.3, 0.4) is 0 Å². The number of aryl methyl sites for hydroxylation is 2. The Labute approximate surface area is 191 Å². The van der Waals surface area contributed by atoms with Crippen molar-refractivity contribution in [1.82, 2.24) is 24.8 Å². The lowest BCUT2D eigenvalue weighted by Gasteiger charge is -2.29. The van der Waals surface area contributed by atoms with E-state index in [2.05, 4.69) is 30.5 Å². The Hall–Kier alpha value is -3.72. The van der Waals surface area contributed by atoms with Gasteiger partial charge in [-0.15, -0.1) is 0 Å². The molecule has 4 aromatic rings. The number of nitrogens with zero attached hydrogens (tertiary/aromatic N) is 5. The molecule has 1 aliphatic heterocycles. The Bertz CT molecular complexity index is 1320. The standard InChI is InChI=1S/C24H27N7O2/c1-3-31-22-18(12-17(23(31)32)13-20-6-4-16(2)33-20)14-27-24(29-22)28-21-7-5-19(15-26-21)30-10-8-25-9-11-30/h4-7,12,14-15,25H,3,8-11,13H2,1-2H3,(H,26,27,28,29). The SMILES string of the molecule is CCn1c(=O)c(Cc2ccc(C)o2)cc2cnc(Nc3ccc(N4CCNCC4)cn3)nc21. The van der Waals surface area contributed by atoms with Gasteiger partial charge in [0.05, 0.1) is 11.9 Å². The van der Waals surface area contributed by atoms with E-state index in [9.17, 15) is 4.79 Å². The van der Waals surface area contributed by atoms with Crippen LogP contribution in [0.4, 0.5) is 17.5 Å². The minimum Gasteiger partial charge on any atom is -0.466 e. The van der Waals surface area contributed by atoms with Gasteiger partial charge in [0.25, 0.3) is 5.56 Å². The minimum absolute atomic E-state index is 0.0674. The second-order valence-corrected chi connectivity index (χ2v) is 8.14. The van der Waals surface area contributed by atoms with Crippen LogP contribution in [0, 0.1) is 6.92 Å². The van der Waals surface area contributed by atoms with Crippen molar-refractivity contribution in [1.29, 1.82) is 0 Å². The van der Waals surface area contributed by atoms with Crippen molar-refractivity contribution in [2.24, 2.45) is 0 Å². The fourth-order valence-corrected chi connectivity index (χ4v) is 4.15. The summed E-state index contributed by atoms with van der Waals surface area (Å²) in [6.07, 6.45) is 4.04. The molecular formula is C24H27N7O2. The smallest absolute Gasteiger partial charge is 0.255 e. The molecule has 0 radical (unpaired) electrons. The Morgan fingerprint density at radius 1 is 1.12 bits per heavy atom. The summed E-state index contributed by atoms with van der Waals surface area (Å²) in [5, 5.41) is 7.32. The first-order chi connectivity index (χ1) is 16.1. The van der Waals surface area contributed by atoms with Gasteiger partial charge in [-0.05, 0) is 44.2 Å². The van der Waals surface area contributed by atoms with Crippen LogP contribution in [-0.2, 0) is 13.0 Å². The normalized spacial score (nSPS) is 14.1. The molecule has 0 amide bonds. The largest absolute Gasteiger partial charge is 0.466 e. The van der Waals surface area contributed by atoms with Crippen LogP contribution in [0.1, 0.15) is 24.0 Å². The van der Waals surface area contributed by atoms with Gasteiger partial charge in [-0.3, -0.25) is 9.36 Å². The summed E-state index contributed by atoms with van der Waals surface area (Å²) in [5.74, 6) is 2.65. The maximum absolute atomic E-state index is 13.1. The lowest BCUT2D eigenvalue weighted by Crippen LogP contribution is -2.43. The van der Waals surface area contributed by atoms with Gasteiger partial charge in [0, 0.05) is 56.3 Å². The monoisotopic (exact) mass is 445 g/mol. The lowest BCUT2D eigenvalue weighted by atomic mass is 10.1. The molecule has 0 atom stereocenters. The van der Waals surface area contributed by atoms with E-state index in [1.165, 1.54) is 0 Å². The molecule has 0 aliphatic carbocycles. The third-order valence-electron chi connectivity index (χ3n) is 5.85. The molecule has 1 fully saturated rings. The van der Waals surface area contributed by atoms with Crippen molar-refractivity contribution in [2.45, 2.75) is 26.8 Å². The van der Waals surface area contributed by atoms with Gasteiger partial charge in [-0.25, -0.2) is 9.97 Å². The molecule has 2 N–H and O–H groups in total. The molecule has 0 spiro atoms. The summed E-state index contributed by atoms with van der Waals surface area (Å²) in [5.41, 5.74) is 2.28. The highest BCUT2D eigenvalue weighted by atomic mass is 16.3. The Balaban J connectivity index is 1.40. The summed E-state index contributed by atoms with van der Waals surface area (Å²) in [4.78, 5) is 29.0. The molecule has 5 heterocycles. The maximum Gasteiger partial charge on any atom is 0.255 e. The number of pyridine rings is 2. The van der Waals surface area contributed by atoms with Crippen molar-refractivity contribution in [3.8, 4) is 0 Å². The van der Waals surface area contributed by atoms with E-state index in [0.29, 0.717) is 35.9 Å². The topological polar surface area (TPSA) is 101 Å². The fraction of sp³-hybridized carbons (Fsp3) is 0.333. The summed E-state index contributed by atoms with van der Waals surface area (Å²) < 4.78 is 7.33. The van der Waals surface area contributed by atoms with E-state index in [4.69, 9.17) is 4.42 Å². The van der Waals surface area contributed by atoms with Gasteiger partial charge in [0.2, 0.25) is 5.95 Å². The number of nitrogens with one attached hydrogen (secondary N) is 2. The third-order valence-corrected chi connectivity index (χ3v) is 5.85. The van der Waals surface area contributed by atoms with Crippen molar-refractivity contribution in [3.63, 3.8) is 0 Å². The first kappa shape index (κ1) is 21.1. The highest BCUT2D eigenvalue weighted by Gasteiger charge is 2.14. The quantitative estimate of drug-likeness (QED) is 0.467. The van der Waals surface area contributed by atoms with E-state index in [1.807, 2.05) is 50.4 Å². The lowest BCUT2D eigenvalue weighted by molar-refractivity contribution is 0.492.